The maximum atomic E-state index is 13.5. The van der Waals surface area contributed by atoms with E-state index in [1.807, 2.05) is 0 Å². The van der Waals surface area contributed by atoms with Crippen molar-refractivity contribution in [1.82, 2.24) is 3.97 Å². The van der Waals surface area contributed by atoms with Crippen molar-refractivity contribution in [3.8, 4) is 0 Å². The number of benzene rings is 3. The van der Waals surface area contributed by atoms with Crippen LogP contribution in [-0.2, 0) is 16.4 Å². The lowest BCUT2D eigenvalue weighted by Crippen LogP contribution is -2.16. The number of hydrogen-bond acceptors (Lipinski definition) is 3. The van der Waals surface area contributed by atoms with Crippen molar-refractivity contribution in [2.45, 2.75) is 11.3 Å². The van der Waals surface area contributed by atoms with E-state index < -0.39 is 16.0 Å². The Labute approximate surface area is 183 Å². The van der Waals surface area contributed by atoms with Crippen LogP contribution >= 0.6 is 23.2 Å². The van der Waals surface area contributed by atoms with E-state index in [0.29, 0.717) is 26.6 Å². The number of carboxylic acid groups (broad SMARTS) is 1. The molecule has 30 heavy (non-hydrogen) atoms. The Bertz CT molecular complexity index is 1380. The molecule has 0 aliphatic rings. The molecule has 1 N–H and O–H groups in total. The number of aromatic nitrogens is 1. The molecule has 0 fully saturated rings. The average Bonchev–Trinajstić information content (AvgIpc) is 3.06. The SMILES string of the molecule is O=C(O)c1ccc(Cc2cc3cc(Cl)ccc3n2S(=O)(=O)c2cccc(Cl)c2)cc1. The van der Waals surface area contributed by atoms with Gasteiger partial charge >= 0.3 is 5.97 Å². The Hall–Kier alpha value is -2.80. The third-order valence-electron chi connectivity index (χ3n) is 4.71. The van der Waals surface area contributed by atoms with E-state index in [4.69, 9.17) is 28.3 Å². The lowest BCUT2D eigenvalue weighted by molar-refractivity contribution is 0.0697. The van der Waals surface area contributed by atoms with Crippen molar-refractivity contribution < 1.29 is 18.3 Å². The summed E-state index contributed by atoms with van der Waals surface area (Å²) in [5.74, 6) is -1.02. The predicted molar refractivity (Wildman–Crippen MR) is 117 cm³/mol. The Morgan fingerprint density at radius 3 is 2.27 bits per heavy atom. The summed E-state index contributed by atoms with van der Waals surface area (Å²) >= 11 is 12.1. The summed E-state index contributed by atoms with van der Waals surface area (Å²) in [7, 11) is -3.93. The molecule has 1 heterocycles. The number of fused-ring (bicyclic) bond motifs is 1. The van der Waals surface area contributed by atoms with Gasteiger partial charge in [-0.3, -0.25) is 0 Å². The van der Waals surface area contributed by atoms with Crippen LogP contribution in [0, 0.1) is 0 Å². The van der Waals surface area contributed by atoms with E-state index in [1.54, 1.807) is 48.5 Å². The summed E-state index contributed by atoms with van der Waals surface area (Å²) < 4.78 is 28.3. The molecule has 4 rings (SSSR count). The minimum Gasteiger partial charge on any atom is -0.478 e. The monoisotopic (exact) mass is 459 g/mol. The summed E-state index contributed by atoms with van der Waals surface area (Å²) in [5.41, 5.74) is 1.96. The molecule has 152 valence electrons. The highest BCUT2D eigenvalue weighted by Crippen LogP contribution is 2.30. The Balaban J connectivity index is 1.88. The van der Waals surface area contributed by atoms with E-state index in [9.17, 15) is 13.2 Å². The summed E-state index contributed by atoms with van der Waals surface area (Å²) in [6.45, 7) is 0. The van der Waals surface area contributed by atoms with E-state index in [-0.39, 0.29) is 16.9 Å². The Morgan fingerprint density at radius 1 is 0.900 bits per heavy atom. The zero-order valence-electron chi connectivity index (χ0n) is 15.4. The standard InChI is InChI=1S/C22H15Cl2NO4S/c23-17-2-1-3-20(13-17)30(28,29)25-19(12-16-11-18(24)8-9-21(16)25)10-14-4-6-15(7-5-14)22(26)27/h1-9,11-13H,10H2,(H,26,27). The van der Waals surface area contributed by atoms with Gasteiger partial charge in [0, 0.05) is 27.5 Å². The first-order valence-electron chi connectivity index (χ1n) is 8.89. The molecule has 4 aromatic rings. The highest BCUT2D eigenvalue weighted by Gasteiger charge is 2.23. The second-order valence-corrected chi connectivity index (χ2v) is 9.40. The van der Waals surface area contributed by atoms with Gasteiger partial charge in [0.05, 0.1) is 16.0 Å². The molecule has 0 atom stereocenters. The zero-order chi connectivity index (χ0) is 21.5. The van der Waals surface area contributed by atoms with Crippen molar-refractivity contribution >= 4 is 50.1 Å². The summed E-state index contributed by atoms with van der Waals surface area (Å²) in [6.07, 6.45) is 0.284. The average molecular weight is 460 g/mol. The largest absolute Gasteiger partial charge is 0.478 e. The minimum atomic E-state index is -3.93. The molecule has 0 spiro atoms. The quantitative estimate of drug-likeness (QED) is 0.428. The fourth-order valence-corrected chi connectivity index (χ4v) is 5.36. The van der Waals surface area contributed by atoms with Crippen LogP contribution in [-0.4, -0.2) is 23.5 Å². The minimum absolute atomic E-state index is 0.0740. The molecule has 0 bridgehead atoms. The van der Waals surface area contributed by atoms with Gasteiger partial charge in [-0.15, -0.1) is 0 Å². The van der Waals surface area contributed by atoms with Gasteiger partial charge in [0.15, 0.2) is 0 Å². The first kappa shape index (κ1) is 20.5. The molecule has 3 aromatic carbocycles. The van der Waals surface area contributed by atoms with Gasteiger partial charge in [-0.05, 0) is 60.2 Å². The fraction of sp³-hybridized carbons (Fsp3) is 0.0455. The number of nitrogens with zero attached hydrogens (tertiary/aromatic N) is 1. The molecule has 0 saturated carbocycles. The van der Waals surface area contributed by atoms with Crippen LogP contribution in [0.15, 0.2) is 77.7 Å². The number of carboxylic acids is 1. The van der Waals surface area contributed by atoms with Gasteiger partial charge in [0.25, 0.3) is 10.0 Å². The molecular weight excluding hydrogens is 445 g/mol. The van der Waals surface area contributed by atoms with Gasteiger partial charge in [-0.25, -0.2) is 17.2 Å². The number of hydrogen-bond donors (Lipinski definition) is 1. The van der Waals surface area contributed by atoms with Crippen LogP contribution in [0.3, 0.4) is 0 Å². The van der Waals surface area contributed by atoms with Crippen LogP contribution in [0.2, 0.25) is 10.0 Å². The molecule has 0 saturated heterocycles. The highest BCUT2D eigenvalue weighted by atomic mass is 35.5. The zero-order valence-corrected chi connectivity index (χ0v) is 17.7. The lowest BCUT2D eigenvalue weighted by Gasteiger charge is -2.13. The second kappa shape index (κ2) is 7.80. The molecule has 0 radical (unpaired) electrons. The number of halogens is 2. The maximum absolute atomic E-state index is 13.5. The van der Waals surface area contributed by atoms with Gasteiger partial charge in [0.1, 0.15) is 0 Å². The molecule has 0 amide bonds. The molecule has 0 aliphatic carbocycles. The topological polar surface area (TPSA) is 76.4 Å². The van der Waals surface area contributed by atoms with Gasteiger partial charge < -0.3 is 5.11 Å². The first-order valence-corrected chi connectivity index (χ1v) is 11.1. The summed E-state index contributed by atoms with van der Waals surface area (Å²) in [4.78, 5) is 11.2. The smallest absolute Gasteiger partial charge is 0.335 e. The lowest BCUT2D eigenvalue weighted by atomic mass is 10.1. The van der Waals surface area contributed by atoms with Gasteiger partial charge in [0.2, 0.25) is 0 Å². The van der Waals surface area contributed by atoms with E-state index in [2.05, 4.69) is 0 Å². The summed E-state index contributed by atoms with van der Waals surface area (Å²) in [5, 5.41) is 10.6. The number of aromatic carboxylic acids is 1. The van der Waals surface area contributed by atoms with Crippen LogP contribution < -0.4 is 0 Å². The predicted octanol–water partition coefficient (Wildman–Crippen LogP) is 5.47. The third kappa shape index (κ3) is 3.81. The first-order chi connectivity index (χ1) is 14.3. The molecule has 8 heteroatoms. The normalized spacial score (nSPS) is 11.7. The molecule has 1 aromatic heterocycles. The second-order valence-electron chi connectivity index (χ2n) is 6.74. The van der Waals surface area contributed by atoms with E-state index in [1.165, 1.54) is 28.2 Å². The van der Waals surface area contributed by atoms with Crippen LogP contribution in [0.4, 0.5) is 0 Å². The van der Waals surface area contributed by atoms with Crippen molar-refractivity contribution in [3.05, 3.63) is 99.7 Å². The van der Waals surface area contributed by atoms with E-state index in [0.717, 1.165) is 5.56 Å². The number of carbonyl (C=O) groups is 1. The van der Waals surface area contributed by atoms with Crippen LogP contribution in [0.1, 0.15) is 21.6 Å². The Kier molecular flexibility index (Phi) is 5.32. The van der Waals surface area contributed by atoms with Crippen molar-refractivity contribution in [2.75, 3.05) is 0 Å². The third-order valence-corrected chi connectivity index (χ3v) is 6.94. The highest BCUT2D eigenvalue weighted by molar-refractivity contribution is 7.90. The molecule has 0 aliphatic heterocycles. The maximum Gasteiger partial charge on any atom is 0.335 e. The Morgan fingerprint density at radius 2 is 1.60 bits per heavy atom. The molecular formula is C22H15Cl2NO4S. The van der Waals surface area contributed by atoms with E-state index >= 15 is 0 Å². The molecule has 0 unspecified atom stereocenters. The van der Waals surface area contributed by atoms with Crippen molar-refractivity contribution in [3.63, 3.8) is 0 Å². The van der Waals surface area contributed by atoms with Crippen molar-refractivity contribution in [2.24, 2.45) is 0 Å². The summed E-state index contributed by atoms with van der Waals surface area (Å²) in [6, 6.07) is 19.2. The van der Waals surface area contributed by atoms with Gasteiger partial charge in [-0.2, -0.15) is 0 Å². The van der Waals surface area contributed by atoms with Crippen molar-refractivity contribution in [1.29, 1.82) is 0 Å². The van der Waals surface area contributed by atoms with Crippen LogP contribution in [0.5, 0.6) is 0 Å². The number of rotatable bonds is 5. The van der Waals surface area contributed by atoms with Gasteiger partial charge in [-0.1, -0.05) is 41.4 Å². The fourth-order valence-electron chi connectivity index (χ4n) is 3.33. The van der Waals surface area contributed by atoms with Crippen LogP contribution in [0.25, 0.3) is 10.9 Å². The molecule has 5 nitrogen and oxygen atoms in total.